The van der Waals surface area contributed by atoms with Gasteiger partial charge in [-0.25, -0.2) is 4.99 Å². The smallest absolute Gasteiger partial charge is 0.243 e. The van der Waals surface area contributed by atoms with Crippen LogP contribution in [0, 0.1) is 17.3 Å². The summed E-state index contributed by atoms with van der Waals surface area (Å²) >= 11 is 0. The van der Waals surface area contributed by atoms with E-state index in [1.807, 2.05) is 0 Å². The second-order valence-electron chi connectivity index (χ2n) is 8.18. The molecule has 24 heavy (non-hydrogen) atoms. The van der Waals surface area contributed by atoms with Crippen molar-refractivity contribution in [2.75, 3.05) is 33.8 Å². The van der Waals surface area contributed by atoms with Crippen molar-refractivity contribution in [1.82, 2.24) is 15.5 Å². The van der Waals surface area contributed by atoms with Gasteiger partial charge in [-0.3, -0.25) is 4.79 Å². The number of amides is 1. The van der Waals surface area contributed by atoms with E-state index < -0.39 is 0 Å². The Morgan fingerprint density at radius 2 is 2.12 bits per heavy atom. The summed E-state index contributed by atoms with van der Waals surface area (Å²) in [6.07, 6.45) is 5.38. The summed E-state index contributed by atoms with van der Waals surface area (Å²) < 4.78 is 5.99. The Kier molecular flexibility index (Phi) is 5.04. The molecule has 1 spiro atoms. The third-order valence-corrected chi connectivity index (χ3v) is 5.88. The first-order valence-corrected chi connectivity index (χ1v) is 9.30. The molecule has 2 N–H and O–H groups in total. The highest BCUT2D eigenvalue weighted by atomic mass is 16.5. The largest absolute Gasteiger partial charge is 0.377 e. The summed E-state index contributed by atoms with van der Waals surface area (Å²) in [7, 11) is 3.53. The lowest BCUT2D eigenvalue weighted by Gasteiger charge is -2.63. The Morgan fingerprint density at radius 3 is 2.71 bits per heavy atom. The van der Waals surface area contributed by atoms with Gasteiger partial charge in [-0.15, -0.1) is 0 Å². The zero-order valence-electron chi connectivity index (χ0n) is 15.5. The number of hydrogen-bond acceptors (Lipinski definition) is 3. The first-order chi connectivity index (χ1) is 11.4. The standard InChI is InChI=1S/C18H32N4O2/c1-12(2)10-19-17(20-11-14(23)22(3)4)21-15-13-6-9-24-16(13)18(15)7-5-8-18/h12-13,15-16H,5-11H2,1-4H3,(H2,19,20,21). The molecular formula is C18H32N4O2. The van der Waals surface area contributed by atoms with Gasteiger partial charge in [0.2, 0.25) is 5.91 Å². The molecule has 1 heterocycles. The second kappa shape index (κ2) is 6.90. The monoisotopic (exact) mass is 336 g/mol. The van der Waals surface area contributed by atoms with E-state index in [0.29, 0.717) is 29.4 Å². The van der Waals surface area contributed by atoms with Crippen LogP contribution in [0.2, 0.25) is 0 Å². The number of carbonyl (C=O) groups excluding carboxylic acids is 1. The number of likely N-dealkylation sites (N-methyl/N-ethyl adjacent to an activating group) is 1. The number of nitrogens with zero attached hydrogens (tertiary/aromatic N) is 2. The summed E-state index contributed by atoms with van der Waals surface area (Å²) in [6.45, 7) is 6.28. The SMILES string of the molecule is CC(C)CNC(=NCC(=O)N(C)C)NC1C2CCOC2C12CCC2. The number of rotatable bonds is 5. The summed E-state index contributed by atoms with van der Waals surface area (Å²) in [5.41, 5.74) is 0.313. The molecule has 3 aliphatic rings. The summed E-state index contributed by atoms with van der Waals surface area (Å²) in [6, 6.07) is 0.437. The minimum atomic E-state index is 0.0229. The number of nitrogens with one attached hydrogen (secondary N) is 2. The minimum absolute atomic E-state index is 0.0229. The number of hydrogen-bond donors (Lipinski definition) is 2. The van der Waals surface area contributed by atoms with E-state index in [0.717, 1.165) is 25.5 Å². The molecule has 0 radical (unpaired) electrons. The van der Waals surface area contributed by atoms with Crippen molar-refractivity contribution in [3.8, 4) is 0 Å². The van der Waals surface area contributed by atoms with Gasteiger partial charge in [0, 0.05) is 44.6 Å². The molecule has 2 aliphatic carbocycles. The zero-order chi connectivity index (χ0) is 17.3. The first kappa shape index (κ1) is 17.5. The quantitative estimate of drug-likeness (QED) is 0.585. The number of aliphatic imine (C=N–C) groups is 1. The van der Waals surface area contributed by atoms with E-state index in [1.165, 1.54) is 19.3 Å². The van der Waals surface area contributed by atoms with E-state index in [1.54, 1.807) is 19.0 Å². The molecule has 3 atom stereocenters. The second-order valence-corrected chi connectivity index (χ2v) is 8.18. The molecule has 0 aromatic rings. The maximum Gasteiger partial charge on any atom is 0.243 e. The summed E-state index contributed by atoms with van der Waals surface area (Å²) in [5.74, 6) is 1.93. The van der Waals surface area contributed by atoms with Crippen molar-refractivity contribution in [3.63, 3.8) is 0 Å². The highest BCUT2D eigenvalue weighted by molar-refractivity contribution is 5.85. The number of ether oxygens (including phenoxy) is 1. The van der Waals surface area contributed by atoms with E-state index >= 15 is 0 Å². The van der Waals surface area contributed by atoms with Gasteiger partial charge in [0.25, 0.3) is 0 Å². The van der Waals surface area contributed by atoms with Crippen LogP contribution in [0.4, 0.5) is 0 Å². The lowest BCUT2D eigenvalue weighted by Crippen LogP contribution is -2.72. The van der Waals surface area contributed by atoms with Crippen molar-refractivity contribution in [1.29, 1.82) is 0 Å². The number of fused-ring (bicyclic) bond motifs is 2. The van der Waals surface area contributed by atoms with Gasteiger partial charge in [-0.2, -0.15) is 0 Å². The highest BCUT2D eigenvalue weighted by Gasteiger charge is 2.66. The predicted molar refractivity (Wildman–Crippen MR) is 94.9 cm³/mol. The predicted octanol–water partition coefficient (Wildman–Crippen LogP) is 1.22. The van der Waals surface area contributed by atoms with Crippen LogP contribution in [0.3, 0.4) is 0 Å². The molecule has 0 aromatic heterocycles. The maximum atomic E-state index is 11.9. The molecule has 0 bridgehead atoms. The lowest BCUT2D eigenvalue weighted by molar-refractivity contribution is -0.171. The Bertz CT molecular complexity index is 499. The normalized spacial score (nSPS) is 30.5. The number of guanidine groups is 1. The molecule has 1 amide bonds. The van der Waals surface area contributed by atoms with Crippen molar-refractivity contribution < 1.29 is 9.53 Å². The fourth-order valence-corrected chi connectivity index (χ4v) is 4.34. The maximum absolute atomic E-state index is 11.9. The van der Waals surface area contributed by atoms with Crippen LogP contribution in [0.1, 0.15) is 39.5 Å². The van der Waals surface area contributed by atoms with Crippen LogP contribution in [0.15, 0.2) is 4.99 Å². The van der Waals surface area contributed by atoms with Crippen molar-refractivity contribution >= 4 is 11.9 Å². The van der Waals surface area contributed by atoms with Crippen LogP contribution in [-0.2, 0) is 9.53 Å². The van der Waals surface area contributed by atoms with Crippen molar-refractivity contribution in [2.24, 2.45) is 22.2 Å². The Morgan fingerprint density at radius 1 is 1.38 bits per heavy atom. The topological polar surface area (TPSA) is 66.0 Å². The minimum Gasteiger partial charge on any atom is -0.377 e. The van der Waals surface area contributed by atoms with Gasteiger partial charge in [-0.05, 0) is 25.2 Å². The molecule has 3 rings (SSSR count). The van der Waals surface area contributed by atoms with E-state index in [9.17, 15) is 4.79 Å². The molecule has 2 saturated carbocycles. The summed E-state index contributed by atoms with van der Waals surface area (Å²) in [4.78, 5) is 18.0. The van der Waals surface area contributed by atoms with Gasteiger partial charge in [-0.1, -0.05) is 20.3 Å². The van der Waals surface area contributed by atoms with Crippen LogP contribution in [0.25, 0.3) is 0 Å². The molecular weight excluding hydrogens is 304 g/mol. The fourth-order valence-electron chi connectivity index (χ4n) is 4.34. The average molecular weight is 336 g/mol. The Balaban J connectivity index is 1.66. The van der Waals surface area contributed by atoms with E-state index in [-0.39, 0.29) is 12.5 Å². The van der Waals surface area contributed by atoms with Crippen LogP contribution >= 0.6 is 0 Å². The third kappa shape index (κ3) is 3.13. The van der Waals surface area contributed by atoms with Crippen LogP contribution < -0.4 is 10.6 Å². The van der Waals surface area contributed by atoms with Gasteiger partial charge in [0.05, 0.1) is 6.10 Å². The molecule has 3 unspecified atom stereocenters. The fraction of sp³-hybridized carbons (Fsp3) is 0.889. The molecule has 6 nitrogen and oxygen atoms in total. The van der Waals surface area contributed by atoms with E-state index in [4.69, 9.17) is 4.74 Å². The average Bonchev–Trinajstić information content (AvgIpc) is 2.89. The third-order valence-electron chi connectivity index (χ3n) is 5.88. The molecule has 0 aromatic carbocycles. The Labute approximate surface area is 145 Å². The van der Waals surface area contributed by atoms with Gasteiger partial charge in [0.15, 0.2) is 5.96 Å². The summed E-state index contributed by atoms with van der Waals surface area (Å²) in [5, 5.41) is 7.06. The zero-order valence-corrected chi connectivity index (χ0v) is 15.5. The van der Waals surface area contributed by atoms with Gasteiger partial charge >= 0.3 is 0 Å². The molecule has 3 fully saturated rings. The van der Waals surface area contributed by atoms with Gasteiger partial charge in [0.1, 0.15) is 6.54 Å². The van der Waals surface area contributed by atoms with Crippen molar-refractivity contribution in [3.05, 3.63) is 0 Å². The molecule has 136 valence electrons. The van der Waals surface area contributed by atoms with Crippen molar-refractivity contribution in [2.45, 2.75) is 51.7 Å². The van der Waals surface area contributed by atoms with E-state index in [2.05, 4.69) is 29.5 Å². The number of carbonyl (C=O) groups is 1. The molecule has 1 saturated heterocycles. The molecule has 1 aliphatic heterocycles. The van der Waals surface area contributed by atoms with Gasteiger partial charge < -0.3 is 20.3 Å². The molecule has 6 heteroatoms. The van der Waals surface area contributed by atoms with Crippen LogP contribution in [-0.4, -0.2) is 62.7 Å². The lowest BCUT2D eigenvalue weighted by atomic mass is 9.46. The van der Waals surface area contributed by atoms with Crippen LogP contribution in [0.5, 0.6) is 0 Å². The Hall–Kier alpha value is -1.30. The highest BCUT2D eigenvalue weighted by Crippen LogP contribution is 2.62. The first-order valence-electron chi connectivity index (χ1n) is 9.30.